The van der Waals surface area contributed by atoms with Crippen LogP contribution in [0.25, 0.3) is 11.3 Å². The van der Waals surface area contributed by atoms with Gasteiger partial charge in [0.15, 0.2) is 0 Å². The van der Waals surface area contributed by atoms with Crippen molar-refractivity contribution < 1.29 is 14.7 Å². The number of aromatic nitrogens is 3. The van der Waals surface area contributed by atoms with Crippen LogP contribution in [0.2, 0.25) is 0 Å². The monoisotopic (exact) mass is 553 g/mol. The lowest BCUT2D eigenvalue weighted by Gasteiger charge is -2.19. The summed E-state index contributed by atoms with van der Waals surface area (Å²) in [5.74, 6) is -0.661. The maximum atomic E-state index is 12.6. The van der Waals surface area contributed by atoms with Gasteiger partial charge >= 0.3 is 0 Å². The van der Waals surface area contributed by atoms with Crippen LogP contribution in [0.5, 0.6) is 5.75 Å². The van der Waals surface area contributed by atoms with Crippen LogP contribution in [0.15, 0.2) is 79.1 Å². The number of phenolic OH excluding ortho intramolecular Hbond substituents is 1. The second-order valence-corrected chi connectivity index (χ2v) is 11.5. The number of primary amides is 1. The van der Waals surface area contributed by atoms with Crippen LogP contribution in [-0.4, -0.2) is 37.7 Å². The third-order valence-electron chi connectivity index (χ3n) is 7.11. The Bertz CT molecular complexity index is 1440. The van der Waals surface area contributed by atoms with E-state index in [9.17, 15) is 14.7 Å². The summed E-state index contributed by atoms with van der Waals surface area (Å²) in [5, 5.41) is 17.1. The van der Waals surface area contributed by atoms with Gasteiger partial charge in [-0.05, 0) is 71.7 Å². The first-order chi connectivity index (χ1) is 19.6. The van der Waals surface area contributed by atoms with E-state index in [1.54, 1.807) is 30.5 Å². The number of carbonyl (C=O) groups excluding carboxylic acids is 2. The van der Waals surface area contributed by atoms with Gasteiger partial charge in [0.25, 0.3) is 0 Å². The molecule has 0 aliphatic rings. The summed E-state index contributed by atoms with van der Waals surface area (Å²) in [6, 6.07) is 20.4. The summed E-state index contributed by atoms with van der Waals surface area (Å²) in [6.45, 7) is 7.27. The summed E-state index contributed by atoms with van der Waals surface area (Å²) < 4.78 is 2.04. The molecule has 1 unspecified atom stereocenters. The molecule has 0 aliphatic heterocycles. The number of nitrogens with two attached hydrogens (primary N) is 1. The van der Waals surface area contributed by atoms with Crippen LogP contribution in [0.4, 0.5) is 0 Å². The quantitative estimate of drug-likeness (QED) is 0.215. The molecule has 41 heavy (non-hydrogen) atoms. The number of carbonyl (C=O) groups is 2. The highest BCUT2D eigenvalue weighted by Gasteiger charge is 2.19. The Morgan fingerprint density at radius 1 is 1.00 bits per heavy atom. The van der Waals surface area contributed by atoms with Gasteiger partial charge in [-0.3, -0.25) is 19.3 Å². The lowest BCUT2D eigenvalue weighted by molar-refractivity contribution is -0.127. The van der Waals surface area contributed by atoms with Crippen molar-refractivity contribution in [2.75, 3.05) is 0 Å². The molecule has 214 valence electrons. The Hall–Kier alpha value is -4.46. The molecule has 2 heterocycles. The molecule has 4 aromatic rings. The third-order valence-corrected chi connectivity index (χ3v) is 7.11. The standard InChI is InChI=1S/C33H39N5O3/c1-33(2,3)26-14-10-24(11-15-26)22-38-27(20-29(37-38)25-7-6-18-35-21-25)8-4-5-9-31(40)36-30(32(34)41)19-23-12-16-28(39)17-13-23/h6-7,10-18,20-21,30,39H,4-5,8-9,19,22H2,1-3H3,(H2,34,41)(H,36,40). The van der Waals surface area contributed by atoms with E-state index in [0.717, 1.165) is 35.4 Å². The Kier molecular flexibility index (Phi) is 9.55. The minimum absolute atomic E-state index is 0.0954. The third kappa shape index (κ3) is 8.51. The number of aryl methyl sites for hydroxylation is 1. The number of hydrogen-bond acceptors (Lipinski definition) is 5. The van der Waals surface area contributed by atoms with E-state index < -0.39 is 11.9 Å². The molecule has 0 radical (unpaired) electrons. The van der Waals surface area contributed by atoms with Crippen molar-refractivity contribution in [2.24, 2.45) is 5.73 Å². The minimum Gasteiger partial charge on any atom is -0.508 e. The molecule has 2 amide bonds. The SMILES string of the molecule is CC(C)(C)c1ccc(Cn2nc(-c3cccnc3)cc2CCCCC(=O)NC(Cc2ccc(O)cc2)C(N)=O)cc1. The predicted octanol–water partition coefficient (Wildman–Crippen LogP) is 4.92. The highest BCUT2D eigenvalue weighted by atomic mass is 16.3. The summed E-state index contributed by atoms with van der Waals surface area (Å²) in [7, 11) is 0. The van der Waals surface area contributed by atoms with Gasteiger partial charge in [0.05, 0.1) is 12.2 Å². The topological polar surface area (TPSA) is 123 Å². The summed E-state index contributed by atoms with van der Waals surface area (Å²) >= 11 is 0. The van der Waals surface area contributed by atoms with E-state index in [1.807, 2.05) is 23.0 Å². The minimum atomic E-state index is -0.805. The number of pyridine rings is 1. The summed E-state index contributed by atoms with van der Waals surface area (Å²) in [6.07, 6.45) is 6.32. The summed E-state index contributed by atoms with van der Waals surface area (Å²) in [4.78, 5) is 28.8. The van der Waals surface area contributed by atoms with Crippen LogP contribution in [0, 0.1) is 0 Å². The Morgan fingerprint density at radius 2 is 1.71 bits per heavy atom. The zero-order valence-electron chi connectivity index (χ0n) is 24.0. The largest absolute Gasteiger partial charge is 0.508 e. The number of nitrogens with zero attached hydrogens (tertiary/aromatic N) is 3. The van der Waals surface area contributed by atoms with Crippen LogP contribution < -0.4 is 11.1 Å². The molecular formula is C33H39N5O3. The summed E-state index contributed by atoms with van der Waals surface area (Å²) in [5.41, 5.74) is 11.8. The van der Waals surface area contributed by atoms with Crippen LogP contribution in [0.1, 0.15) is 62.4 Å². The molecule has 0 saturated carbocycles. The molecule has 4 rings (SSSR count). The number of phenols is 1. The normalized spacial score (nSPS) is 12.2. The Balaban J connectivity index is 1.37. The molecule has 2 aromatic carbocycles. The molecule has 0 bridgehead atoms. The second kappa shape index (κ2) is 13.3. The van der Waals surface area contributed by atoms with Crippen molar-refractivity contribution in [2.45, 2.75) is 70.9 Å². The number of rotatable bonds is 12. The maximum Gasteiger partial charge on any atom is 0.240 e. The second-order valence-electron chi connectivity index (χ2n) is 11.5. The van der Waals surface area contributed by atoms with Gasteiger partial charge in [0.1, 0.15) is 11.8 Å². The first-order valence-electron chi connectivity index (χ1n) is 14.0. The van der Waals surface area contributed by atoms with E-state index in [0.29, 0.717) is 13.0 Å². The van der Waals surface area contributed by atoms with Gasteiger partial charge in [-0.15, -0.1) is 0 Å². The first-order valence-corrected chi connectivity index (χ1v) is 14.0. The lowest BCUT2D eigenvalue weighted by Crippen LogP contribution is -2.45. The molecule has 0 saturated heterocycles. The number of hydrogen-bond donors (Lipinski definition) is 3. The van der Waals surface area contributed by atoms with Gasteiger partial charge in [0.2, 0.25) is 11.8 Å². The maximum absolute atomic E-state index is 12.6. The predicted molar refractivity (Wildman–Crippen MR) is 160 cm³/mol. The van der Waals surface area contributed by atoms with Crippen molar-refractivity contribution in [1.82, 2.24) is 20.1 Å². The fourth-order valence-electron chi connectivity index (χ4n) is 4.68. The van der Waals surface area contributed by atoms with Gasteiger partial charge in [-0.1, -0.05) is 57.2 Å². The lowest BCUT2D eigenvalue weighted by atomic mass is 9.87. The van der Waals surface area contributed by atoms with Crippen molar-refractivity contribution in [3.63, 3.8) is 0 Å². The van der Waals surface area contributed by atoms with E-state index in [2.05, 4.69) is 61.4 Å². The first kappa shape index (κ1) is 29.5. The van der Waals surface area contributed by atoms with Crippen molar-refractivity contribution in [3.8, 4) is 17.0 Å². The van der Waals surface area contributed by atoms with Crippen molar-refractivity contribution in [3.05, 3.63) is 102 Å². The molecular weight excluding hydrogens is 514 g/mol. The molecule has 4 N–H and O–H groups in total. The fraction of sp³-hybridized carbons (Fsp3) is 0.333. The number of aromatic hydroxyl groups is 1. The van der Waals surface area contributed by atoms with Crippen LogP contribution in [-0.2, 0) is 34.4 Å². The molecule has 0 aliphatic carbocycles. The number of nitrogens with one attached hydrogen (secondary N) is 1. The number of amides is 2. The highest BCUT2D eigenvalue weighted by molar-refractivity contribution is 5.86. The molecule has 8 nitrogen and oxygen atoms in total. The zero-order valence-corrected chi connectivity index (χ0v) is 24.0. The molecule has 0 fully saturated rings. The van der Waals surface area contributed by atoms with Gasteiger partial charge < -0.3 is 16.2 Å². The van der Waals surface area contributed by atoms with Crippen molar-refractivity contribution >= 4 is 11.8 Å². The highest BCUT2D eigenvalue weighted by Crippen LogP contribution is 2.24. The van der Waals surface area contributed by atoms with Crippen LogP contribution >= 0.6 is 0 Å². The van der Waals surface area contributed by atoms with E-state index >= 15 is 0 Å². The molecule has 0 spiro atoms. The smallest absolute Gasteiger partial charge is 0.240 e. The van der Waals surface area contributed by atoms with Gasteiger partial charge in [-0.2, -0.15) is 5.10 Å². The Labute approximate surface area is 241 Å². The van der Waals surface area contributed by atoms with Crippen molar-refractivity contribution in [1.29, 1.82) is 0 Å². The van der Waals surface area contributed by atoms with Crippen LogP contribution in [0.3, 0.4) is 0 Å². The average molecular weight is 554 g/mol. The Morgan fingerprint density at radius 3 is 2.34 bits per heavy atom. The average Bonchev–Trinajstić information content (AvgIpc) is 3.34. The van der Waals surface area contributed by atoms with E-state index in [4.69, 9.17) is 10.8 Å². The number of unbranched alkanes of at least 4 members (excludes halogenated alkanes) is 1. The number of benzene rings is 2. The zero-order chi connectivity index (χ0) is 29.4. The molecule has 8 heteroatoms. The molecule has 1 atom stereocenters. The van der Waals surface area contributed by atoms with Gasteiger partial charge in [0, 0.05) is 36.5 Å². The molecule has 2 aromatic heterocycles. The van der Waals surface area contributed by atoms with E-state index in [1.165, 1.54) is 11.1 Å². The van der Waals surface area contributed by atoms with E-state index in [-0.39, 0.29) is 29.9 Å². The fourth-order valence-corrected chi connectivity index (χ4v) is 4.68. The van der Waals surface area contributed by atoms with Gasteiger partial charge in [-0.25, -0.2) is 0 Å².